The number of rotatable bonds is 8. The zero-order valence-corrected chi connectivity index (χ0v) is 22.0. The number of amides is 2. The second-order valence-corrected chi connectivity index (χ2v) is 10.6. The van der Waals surface area contributed by atoms with Gasteiger partial charge in [-0.2, -0.15) is 13.2 Å². The average Bonchev–Trinajstić information content (AvgIpc) is 3.12. The molecule has 13 heteroatoms. The Labute approximate surface area is 227 Å². The molecule has 0 radical (unpaired) electrons. The Kier molecular flexibility index (Phi) is 8.25. The number of ether oxygens (including phenoxy) is 1. The van der Waals surface area contributed by atoms with Crippen LogP contribution in [-0.2, 0) is 11.0 Å². The molecule has 212 valence electrons. The van der Waals surface area contributed by atoms with Crippen LogP contribution < -0.4 is 20.3 Å². The summed E-state index contributed by atoms with van der Waals surface area (Å²) in [5, 5.41) is 4.97. The first-order chi connectivity index (χ1) is 18.2. The summed E-state index contributed by atoms with van der Waals surface area (Å²) in [5.41, 5.74) is -2.48. The van der Waals surface area contributed by atoms with Crippen LogP contribution in [0.2, 0.25) is 5.02 Å². The lowest BCUT2D eigenvalue weighted by molar-refractivity contribution is -0.143. The van der Waals surface area contributed by atoms with Crippen LogP contribution in [0.3, 0.4) is 0 Å². The molecule has 0 unspecified atom stereocenters. The van der Waals surface area contributed by atoms with Gasteiger partial charge in [0.2, 0.25) is 0 Å². The Morgan fingerprint density at radius 3 is 2.36 bits per heavy atom. The molecule has 2 N–H and O–H groups in total. The molecule has 0 saturated carbocycles. The lowest BCUT2D eigenvalue weighted by Crippen LogP contribution is -2.55. The molecular weight excluding hydrogens is 547 g/mol. The number of fused-ring (bicyclic) bond motifs is 2. The van der Waals surface area contributed by atoms with Gasteiger partial charge in [-0.1, -0.05) is 11.6 Å². The smallest absolute Gasteiger partial charge is 0.420 e. The molecule has 2 fully saturated rings. The van der Waals surface area contributed by atoms with E-state index >= 15 is 0 Å². The SMILES string of the molecule is CC(C)(Oc1ccc(Cl)cc1C(F)(F)F)C(=O)N[C@H]1C[C@H]2CC[C@@H](C1)N2c1ccc(C(=O)NCC(F)F)cn1. The number of carbonyl (C=O) groups excluding carboxylic acids is 2. The predicted octanol–water partition coefficient (Wildman–Crippen LogP) is 5.22. The highest BCUT2D eigenvalue weighted by Gasteiger charge is 2.44. The van der Waals surface area contributed by atoms with E-state index in [2.05, 4.69) is 20.5 Å². The van der Waals surface area contributed by atoms with Crippen LogP contribution in [0.5, 0.6) is 5.75 Å². The molecule has 0 spiro atoms. The van der Waals surface area contributed by atoms with E-state index in [0.717, 1.165) is 25.0 Å². The van der Waals surface area contributed by atoms with Gasteiger partial charge in [-0.3, -0.25) is 9.59 Å². The number of anilines is 1. The zero-order valence-electron chi connectivity index (χ0n) is 21.2. The molecule has 39 heavy (non-hydrogen) atoms. The van der Waals surface area contributed by atoms with Crippen LogP contribution in [0.4, 0.5) is 27.8 Å². The Morgan fingerprint density at radius 2 is 1.79 bits per heavy atom. The number of nitrogens with one attached hydrogen (secondary N) is 2. The van der Waals surface area contributed by atoms with Crippen LogP contribution in [0.1, 0.15) is 55.5 Å². The molecule has 1 aromatic heterocycles. The Bertz CT molecular complexity index is 1200. The normalized spacial score (nSPS) is 21.2. The van der Waals surface area contributed by atoms with Crippen molar-refractivity contribution in [2.45, 2.75) is 75.9 Å². The van der Waals surface area contributed by atoms with Crippen molar-refractivity contribution in [3.8, 4) is 5.75 Å². The van der Waals surface area contributed by atoms with Crippen molar-refractivity contribution in [1.29, 1.82) is 0 Å². The number of aromatic nitrogens is 1. The molecule has 3 atom stereocenters. The summed E-state index contributed by atoms with van der Waals surface area (Å²) in [5.74, 6) is -1.02. The van der Waals surface area contributed by atoms with Crippen molar-refractivity contribution in [3.05, 3.63) is 52.7 Å². The number of nitrogens with zero attached hydrogens (tertiary/aromatic N) is 2. The third-order valence-corrected chi connectivity index (χ3v) is 7.15. The largest absolute Gasteiger partial charge is 0.477 e. The molecule has 2 bridgehead atoms. The fraction of sp³-hybridized carbons (Fsp3) is 0.500. The van der Waals surface area contributed by atoms with E-state index in [1.54, 1.807) is 6.07 Å². The van der Waals surface area contributed by atoms with E-state index in [1.165, 1.54) is 32.2 Å². The standard InChI is InChI=1S/C26H28ClF5N4O3/c1-25(2,39-20-7-4-15(27)9-19(20)26(30,31)32)24(38)35-16-10-17-5-6-18(11-16)36(17)22-8-3-14(12-33-22)23(37)34-13-21(28)29/h3-4,7-9,12,16-18,21H,5-6,10-11,13H2,1-2H3,(H,34,37)(H,35,38)/t16-,17+,18-. The van der Waals surface area contributed by atoms with Gasteiger partial charge < -0.3 is 20.3 Å². The first-order valence-electron chi connectivity index (χ1n) is 12.4. The average molecular weight is 575 g/mol. The van der Waals surface area contributed by atoms with Gasteiger partial charge in [0.05, 0.1) is 17.7 Å². The Hall–Kier alpha value is -3.15. The first kappa shape index (κ1) is 28.8. The van der Waals surface area contributed by atoms with Crippen LogP contribution in [0.15, 0.2) is 36.5 Å². The van der Waals surface area contributed by atoms with Gasteiger partial charge in [-0.25, -0.2) is 13.8 Å². The fourth-order valence-electron chi connectivity index (χ4n) is 5.11. The van der Waals surface area contributed by atoms with Gasteiger partial charge >= 0.3 is 6.18 Å². The van der Waals surface area contributed by atoms with Crippen molar-refractivity contribution >= 4 is 29.2 Å². The highest BCUT2D eigenvalue weighted by Crippen LogP contribution is 2.40. The molecule has 2 amide bonds. The summed E-state index contributed by atoms with van der Waals surface area (Å²) < 4.78 is 70.7. The lowest BCUT2D eigenvalue weighted by Gasteiger charge is -2.41. The number of piperidine rings is 1. The van der Waals surface area contributed by atoms with Crippen molar-refractivity contribution in [3.63, 3.8) is 0 Å². The minimum absolute atomic E-state index is 0.0530. The van der Waals surface area contributed by atoms with Crippen LogP contribution in [0.25, 0.3) is 0 Å². The van der Waals surface area contributed by atoms with E-state index < -0.39 is 47.9 Å². The van der Waals surface area contributed by atoms with E-state index in [1.807, 2.05) is 0 Å². The molecule has 3 heterocycles. The Morgan fingerprint density at radius 1 is 1.13 bits per heavy atom. The summed E-state index contributed by atoms with van der Waals surface area (Å²) in [6.45, 7) is 2.07. The van der Waals surface area contributed by atoms with Crippen molar-refractivity contribution in [2.24, 2.45) is 0 Å². The quantitative estimate of drug-likeness (QED) is 0.422. The van der Waals surface area contributed by atoms with Gasteiger partial charge in [0, 0.05) is 29.3 Å². The summed E-state index contributed by atoms with van der Waals surface area (Å²) in [7, 11) is 0. The summed E-state index contributed by atoms with van der Waals surface area (Å²) >= 11 is 5.73. The predicted molar refractivity (Wildman–Crippen MR) is 134 cm³/mol. The van der Waals surface area contributed by atoms with Gasteiger partial charge in [-0.15, -0.1) is 0 Å². The van der Waals surface area contributed by atoms with Gasteiger partial charge in [0.1, 0.15) is 11.6 Å². The van der Waals surface area contributed by atoms with E-state index in [-0.39, 0.29) is 28.7 Å². The fourth-order valence-corrected chi connectivity index (χ4v) is 5.28. The lowest BCUT2D eigenvalue weighted by atomic mass is 9.96. The molecular formula is C26H28ClF5N4O3. The molecule has 7 nitrogen and oxygen atoms in total. The second kappa shape index (κ2) is 11.1. The van der Waals surface area contributed by atoms with Gasteiger partial charge in [-0.05, 0) is 69.9 Å². The number of pyridine rings is 1. The summed E-state index contributed by atoms with van der Waals surface area (Å²) in [6, 6.07) is 6.21. The Balaban J connectivity index is 1.38. The topological polar surface area (TPSA) is 83.6 Å². The number of alkyl halides is 5. The molecule has 2 aliphatic heterocycles. The third kappa shape index (κ3) is 6.71. The molecule has 0 aliphatic carbocycles. The molecule has 2 aromatic rings. The van der Waals surface area contributed by atoms with Crippen LogP contribution in [0, 0.1) is 0 Å². The molecule has 4 rings (SSSR count). The van der Waals surface area contributed by atoms with E-state index in [9.17, 15) is 31.5 Å². The number of benzene rings is 1. The molecule has 1 aromatic carbocycles. The zero-order chi connectivity index (χ0) is 28.5. The van der Waals surface area contributed by atoms with E-state index in [4.69, 9.17) is 16.3 Å². The molecule has 2 saturated heterocycles. The van der Waals surface area contributed by atoms with Crippen LogP contribution >= 0.6 is 11.6 Å². The van der Waals surface area contributed by atoms with E-state index in [0.29, 0.717) is 18.7 Å². The van der Waals surface area contributed by atoms with Gasteiger partial charge in [0.15, 0.2) is 5.60 Å². The third-order valence-electron chi connectivity index (χ3n) is 6.92. The monoisotopic (exact) mass is 574 g/mol. The maximum absolute atomic E-state index is 13.5. The first-order valence-corrected chi connectivity index (χ1v) is 12.8. The van der Waals surface area contributed by atoms with Crippen molar-refractivity contribution in [1.82, 2.24) is 15.6 Å². The highest BCUT2D eigenvalue weighted by atomic mass is 35.5. The van der Waals surface area contributed by atoms with Crippen molar-refractivity contribution in [2.75, 3.05) is 11.4 Å². The maximum Gasteiger partial charge on any atom is 0.420 e. The van der Waals surface area contributed by atoms with Crippen LogP contribution in [-0.4, -0.2) is 53.5 Å². The number of hydrogen-bond donors (Lipinski definition) is 2. The minimum atomic E-state index is -4.71. The second-order valence-electron chi connectivity index (χ2n) is 10.2. The number of hydrogen-bond acceptors (Lipinski definition) is 5. The highest BCUT2D eigenvalue weighted by molar-refractivity contribution is 6.30. The number of carbonyl (C=O) groups is 2. The van der Waals surface area contributed by atoms with Crippen molar-refractivity contribution < 1.29 is 36.3 Å². The molecule has 2 aliphatic rings. The number of halogens is 6. The summed E-state index contributed by atoms with van der Waals surface area (Å²) in [4.78, 5) is 31.6. The summed E-state index contributed by atoms with van der Waals surface area (Å²) in [6.07, 6.45) is -3.12. The minimum Gasteiger partial charge on any atom is -0.477 e. The van der Waals surface area contributed by atoms with Gasteiger partial charge in [0.25, 0.3) is 18.2 Å². The maximum atomic E-state index is 13.5.